The van der Waals surface area contributed by atoms with Crippen molar-refractivity contribution in [1.82, 2.24) is 5.32 Å². The van der Waals surface area contributed by atoms with E-state index in [2.05, 4.69) is 5.32 Å². The van der Waals surface area contributed by atoms with Gasteiger partial charge in [0.25, 0.3) is 5.91 Å². The highest BCUT2D eigenvalue weighted by molar-refractivity contribution is 7.91. The van der Waals surface area contributed by atoms with Gasteiger partial charge in [-0.2, -0.15) is 0 Å². The van der Waals surface area contributed by atoms with Gasteiger partial charge in [0.05, 0.1) is 17.3 Å². The molecule has 234 valence electrons. The van der Waals surface area contributed by atoms with Crippen molar-refractivity contribution in [2.45, 2.75) is 35.8 Å². The van der Waals surface area contributed by atoms with Crippen LogP contribution in [0.1, 0.15) is 35.6 Å². The summed E-state index contributed by atoms with van der Waals surface area (Å²) in [5, 5.41) is 12.7. The van der Waals surface area contributed by atoms with Gasteiger partial charge in [0, 0.05) is 36.6 Å². The van der Waals surface area contributed by atoms with Gasteiger partial charge in [-0.15, -0.1) is 0 Å². The fraction of sp³-hybridized carbons (Fsp3) is 0.257. The van der Waals surface area contributed by atoms with Gasteiger partial charge in [-0.1, -0.05) is 72.3 Å². The zero-order valence-electron chi connectivity index (χ0n) is 24.6. The number of nitrogens with one attached hydrogen (secondary N) is 1. The molecule has 0 aliphatic carbocycles. The number of amides is 1. The number of hydrogen-bond donors (Lipinski definition) is 2. The number of ether oxygens (including phenoxy) is 2. The van der Waals surface area contributed by atoms with E-state index in [4.69, 9.17) is 31.2 Å². The Morgan fingerprint density at radius 2 is 1.60 bits per heavy atom. The quantitative estimate of drug-likeness (QED) is 0.173. The lowest BCUT2D eigenvalue weighted by Gasteiger charge is -2.30. The normalized spacial score (nSPS) is 17.7. The van der Waals surface area contributed by atoms with E-state index < -0.39 is 27.4 Å². The van der Waals surface area contributed by atoms with Gasteiger partial charge < -0.3 is 19.9 Å². The van der Waals surface area contributed by atoms with Crippen molar-refractivity contribution in [2.24, 2.45) is 4.99 Å². The van der Waals surface area contributed by atoms with Gasteiger partial charge in [-0.3, -0.25) is 4.79 Å². The molecule has 1 aliphatic rings. The van der Waals surface area contributed by atoms with Crippen LogP contribution in [0.3, 0.4) is 0 Å². The molecule has 0 fully saturated rings. The third kappa shape index (κ3) is 7.92. The number of sulfone groups is 1. The molecule has 0 spiro atoms. The standard InChI is InChI=1S/C35H35ClN2O6S/c36-29-16-12-26(13-17-29)20-22-37-34(40)35(21-25-45(41,42)31-10-5-2-6-11-31)32(27-8-3-1-4-9-27)44-33(38-35)28-14-18-30(19-15-28)43-24-7-23-39/h1-6,8-19,32,39H,7,20-25H2,(H,37,40)/t32-,35-/m1/s1. The first-order valence-corrected chi connectivity index (χ1v) is 16.8. The van der Waals surface area contributed by atoms with Crippen LogP contribution in [0.25, 0.3) is 0 Å². The van der Waals surface area contributed by atoms with Crippen LogP contribution < -0.4 is 10.1 Å². The third-order valence-electron chi connectivity index (χ3n) is 7.60. The number of aliphatic hydroxyl groups excluding tert-OH is 1. The van der Waals surface area contributed by atoms with Crippen molar-refractivity contribution >= 4 is 33.2 Å². The van der Waals surface area contributed by atoms with Crippen LogP contribution in [-0.4, -0.2) is 56.4 Å². The van der Waals surface area contributed by atoms with E-state index in [0.717, 1.165) is 5.56 Å². The zero-order chi connectivity index (χ0) is 31.7. The Hall–Kier alpha value is -4.18. The molecule has 0 bridgehead atoms. The first kappa shape index (κ1) is 32.2. The molecule has 4 aromatic carbocycles. The smallest absolute Gasteiger partial charge is 0.252 e. The van der Waals surface area contributed by atoms with E-state index in [1.807, 2.05) is 42.5 Å². The van der Waals surface area contributed by atoms with Crippen molar-refractivity contribution in [1.29, 1.82) is 0 Å². The number of aliphatic imine (C=N–C) groups is 1. The van der Waals surface area contributed by atoms with Crippen molar-refractivity contribution in [3.05, 3.63) is 131 Å². The number of aliphatic hydroxyl groups is 1. The van der Waals surface area contributed by atoms with E-state index in [1.165, 1.54) is 0 Å². The predicted molar refractivity (Wildman–Crippen MR) is 174 cm³/mol. The van der Waals surface area contributed by atoms with Crippen LogP contribution in [0.5, 0.6) is 5.75 Å². The minimum absolute atomic E-state index is 0.0352. The Bertz CT molecular complexity index is 1700. The highest BCUT2D eigenvalue weighted by Gasteiger charge is 2.53. The lowest BCUT2D eigenvalue weighted by atomic mass is 9.85. The van der Waals surface area contributed by atoms with Crippen LogP contribution in [0, 0.1) is 0 Å². The van der Waals surface area contributed by atoms with Crippen molar-refractivity contribution in [3.63, 3.8) is 0 Å². The van der Waals surface area contributed by atoms with E-state index in [9.17, 15) is 13.2 Å². The second-order valence-electron chi connectivity index (χ2n) is 10.7. The number of halogens is 1. The molecule has 0 saturated carbocycles. The Morgan fingerprint density at radius 1 is 0.933 bits per heavy atom. The van der Waals surface area contributed by atoms with Gasteiger partial charge >= 0.3 is 0 Å². The number of hydrogen-bond acceptors (Lipinski definition) is 7. The zero-order valence-corrected chi connectivity index (χ0v) is 26.2. The molecule has 8 nitrogen and oxygen atoms in total. The molecule has 0 saturated heterocycles. The number of carbonyl (C=O) groups is 1. The molecule has 4 aromatic rings. The molecule has 2 atom stereocenters. The summed E-state index contributed by atoms with van der Waals surface area (Å²) in [5.41, 5.74) is 0.736. The summed E-state index contributed by atoms with van der Waals surface area (Å²) in [6, 6.07) is 31.9. The maximum Gasteiger partial charge on any atom is 0.252 e. The van der Waals surface area contributed by atoms with Crippen LogP contribution in [0.4, 0.5) is 0 Å². The molecule has 0 radical (unpaired) electrons. The first-order chi connectivity index (χ1) is 21.8. The second kappa shape index (κ2) is 14.7. The number of rotatable bonds is 14. The van der Waals surface area contributed by atoms with Crippen LogP contribution in [0.2, 0.25) is 5.02 Å². The lowest BCUT2D eigenvalue weighted by Crippen LogP contribution is -2.49. The third-order valence-corrected chi connectivity index (χ3v) is 9.58. The number of nitrogens with zero attached hydrogens (tertiary/aromatic N) is 1. The highest BCUT2D eigenvalue weighted by Crippen LogP contribution is 2.43. The molecule has 45 heavy (non-hydrogen) atoms. The van der Waals surface area contributed by atoms with Crippen LogP contribution in [-0.2, 0) is 25.8 Å². The fourth-order valence-corrected chi connectivity index (χ4v) is 6.67. The summed E-state index contributed by atoms with van der Waals surface area (Å²) in [5.74, 6) is 0.108. The first-order valence-electron chi connectivity index (χ1n) is 14.8. The largest absolute Gasteiger partial charge is 0.494 e. The van der Waals surface area contributed by atoms with E-state index in [-0.39, 0.29) is 29.6 Å². The van der Waals surface area contributed by atoms with Gasteiger partial charge in [-0.25, -0.2) is 13.4 Å². The molecule has 0 aromatic heterocycles. The second-order valence-corrected chi connectivity index (χ2v) is 13.3. The van der Waals surface area contributed by atoms with Gasteiger partial charge in [0.1, 0.15) is 5.75 Å². The van der Waals surface area contributed by atoms with Crippen LogP contribution >= 0.6 is 11.6 Å². The fourth-order valence-electron chi connectivity index (χ4n) is 5.16. The Kier molecular flexibility index (Phi) is 10.5. The molecule has 1 heterocycles. The summed E-state index contributed by atoms with van der Waals surface area (Å²) in [4.78, 5) is 19.4. The molecule has 10 heteroatoms. The SMILES string of the molecule is O=C(NCCc1ccc(Cl)cc1)[C@]1(CCS(=O)(=O)c2ccccc2)N=C(c2ccc(OCCCO)cc2)O[C@@H]1c1ccccc1. The van der Waals surface area contributed by atoms with Gasteiger partial charge in [-0.05, 0) is 66.1 Å². The molecule has 1 aliphatic heterocycles. The summed E-state index contributed by atoms with van der Waals surface area (Å²) >= 11 is 6.03. The van der Waals surface area contributed by atoms with E-state index in [1.54, 1.807) is 66.7 Å². The van der Waals surface area contributed by atoms with Gasteiger partial charge in [0.2, 0.25) is 5.90 Å². The maximum atomic E-state index is 14.3. The van der Waals surface area contributed by atoms with Crippen molar-refractivity contribution < 1.29 is 27.8 Å². The van der Waals surface area contributed by atoms with Crippen LogP contribution in [0.15, 0.2) is 119 Å². The Labute approximate surface area is 268 Å². The van der Waals surface area contributed by atoms with E-state index in [0.29, 0.717) is 47.9 Å². The lowest BCUT2D eigenvalue weighted by molar-refractivity contribution is -0.129. The maximum absolute atomic E-state index is 14.3. The average Bonchev–Trinajstić information content (AvgIpc) is 3.47. The number of benzene rings is 4. The van der Waals surface area contributed by atoms with Crippen molar-refractivity contribution in [3.8, 4) is 5.75 Å². The minimum Gasteiger partial charge on any atom is -0.494 e. The Balaban J connectivity index is 1.49. The predicted octanol–water partition coefficient (Wildman–Crippen LogP) is 5.58. The van der Waals surface area contributed by atoms with E-state index >= 15 is 0 Å². The summed E-state index contributed by atoms with van der Waals surface area (Å²) in [6.45, 7) is 0.714. The van der Waals surface area contributed by atoms with Gasteiger partial charge in [0.15, 0.2) is 21.5 Å². The topological polar surface area (TPSA) is 114 Å². The average molecular weight is 647 g/mol. The molecule has 2 N–H and O–H groups in total. The molecule has 1 amide bonds. The molecular formula is C35H35ClN2O6S. The summed E-state index contributed by atoms with van der Waals surface area (Å²) in [6.07, 6.45) is 0.0722. The minimum atomic E-state index is -3.74. The molecular weight excluding hydrogens is 612 g/mol. The van der Waals surface area contributed by atoms with Crippen molar-refractivity contribution in [2.75, 3.05) is 25.5 Å². The summed E-state index contributed by atoms with van der Waals surface area (Å²) < 4.78 is 39.0. The molecule has 0 unspecified atom stereocenters. The summed E-state index contributed by atoms with van der Waals surface area (Å²) in [7, 11) is -3.74. The monoisotopic (exact) mass is 646 g/mol. The number of carbonyl (C=O) groups excluding carboxylic acids is 1. The molecule has 5 rings (SSSR count). The Morgan fingerprint density at radius 3 is 2.27 bits per heavy atom. The highest BCUT2D eigenvalue weighted by atomic mass is 35.5.